The molecule has 0 radical (unpaired) electrons. The van der Waals surface area contributed by atoms with E-state index in [1.807, 2.05) is 26.1 Å². The summed E-state index contributed by atoms with van der Waals surface area (Å²) in [6.07, 6.45) is 1.41. The van der Waals surface area contributed by atoms with Crippen molar-refractivity contribution in [3.63, 3.8) is 0 Å². The third-order valence-corrected chi connectivity index (χ3v) is 4.18. The summed E-state index contributed by atoms with van der Waals surface area (Å²) in [5.41, 5.74) is 2.32. The molecule has 0 bridgehead atoms. The van der Waals surface area contributed by atoms with Gasteiger partial charge in [-0.2, -0.15) is 0 Å². The van der Waals surface area contributed by atoms with E-state index in [0.29, 0.717) is 18.7 Å². The van der Waals surface area contributed by atoms with Crippen LogP contribution in [0, 0.1) is 6.92 Å². The molecule has 0 saturated carbocycles. The second-order valence-electron chi connectivity index (χ2n) is 5.78. The summed E-state index contributed by atoms with van der Waals surface area (Å²) in [6, 6.07) is 5.38. The van der Waals surface area contributed by atoms with Crippen LogP contribution in [0.1, 0.15) is 41.1 Å². The first-order chi connectivity index (χ1) is 13.3. The summed E-state index contributed by atoms with van der Waals surface area (Å²) in [7, 11) is 3.41. The number of hydrogen-bond acceptors (Lipinski definition) is 8. The fourth-order valence-electron chi connectivity index (χ4n) is 2.19. The van der Waals surface area contributed by atoms with Crippen molar-refractivity contribution >= 4 is 24.6 Å². The largest absolute Gasteiger partial charge is 0.497 e. The highest BCUT2D eigenvalue weighted by Crippen LogP contribution is 2.25. The fourth-order valence-corrected chi connectivity index (χ4v) is 2.39. The minimum Gasteiger partial charge on any atom is -0.497 e. The maximum atomic E-state index is 11.2. The predicted octanol–water partition coefficient (Wildman–Crippen LogP) is 3.53. The minimum absolute atomic E-state index is 0.228. The lowest BCUT2D eigenvalue weighted by Crippen LogP contribution is -2.05. The smallest absolute Gasteiger partial charge is 0.341 e. The van der Waals surface area contributed by atoms with Gasteiger partial charge in [0.1, 0.15) is 24.4 Å². The van der Waals surface area contributed by atoms with Crippen molar-refractivity contribution in [3.05, 3.63) is 46.9 Å². The third kappa shape index (κ3) is 7.66. The molecule has 0 aliphatic carbocycles. The molecule has 8 heteroatoms. The Hall–Kier alpha value is -2.45. The van der Waals surface area contributed by atoms with Crippen LogP contribution in [0.25, 0.3) is 0 Å². The summed E-state index contributed by atoms with van der Waals surface area (Å²) in [5.74, 6) is 0.829. The summed E-state index contributed by atoms with van der Waals surface area (Å²) in [4.78, 5) is 22.7. The first-order valence-corrected chi connectivity index (χ1v) is 9.16. The summed E-state index contributed by atoms with van der Waals surface area (Å²) in [6.45, 7) is 6.30. The molecule has 0 fully saturated rings. The van der Waals surface area contributed by atoms with Gasteiger partial charge in [0.2, 0.25) is 0 Å². The Labute approximate surface area is 170 Å². The molecule has 7 nitrogen and oxygen atoms in total. The number of carbonyl (C=O) groups excluding carboxylic acids is 2. The van der Waals surface area contributed by atoms with Gasteiger partial charge in [-0.3, -0.25) is 4.79 Å². The molecule has 1 aromatic carbocycles. The number of hydrogen-bond donors (Lipinski definition) is 2. The average Bonchev–Trinajstić information content (AvgIpc) is 3.12. The Morgan fingerprint density at radius 3 is 2.50 bits per heavy atom. The molecule has 1 aromatic heterocycles. The standard InChI is InChI=1S/C11H14O3S.C9H13NO3/c1-7-4-10(13-3)5-9(11(7)15)6-14-8(2)12;1-3-12-9(11)7-4-8(5-10-2)13-6-7/h4-5,15H,6H2,1-3H3;4,6,10H,3,5H2,1-2H3. The second kappa shape index (κ2) is 12.1. The van der Waals surface area contributed by atoms with Crippen molar-refractivity contribution in [3.8, 4) is 5.75 Å². The van der Waals surface area contributed by atoms with Crippen LogP contribution in [-0.2, 0) is 27.4 Å². The van der Waals surface area contributed by atoms with Crippen molar-refractivity contribution in [2.75, 3.05) is 20.8 Å². The number of ether oxygens (including phenoxy) is 3. The molecule has 154 valence electrons. The van der Waals surface area contributed by atoms with Crippen LogP contribution in [0.2, 0.25) is 0 Å². The predicted molar refractivity (Wildman–Crippen MR) is 108 cm³/mol. The zero-order valence-electron chi connectivity index (χ0n) is 16.8. The number of carbonyl (C=O) groups is 2. The van der Waals surface area contributed by atoms with E-state index in [1.54, 1.807) is 20.1 Å². The Balaban J connectivity index is 0.000000283. The molecule has 0 atom stereocenters. The van der Waals surface area contributed by atoms with Gasteiger partial charge < -0.3 is 23.9 Å². The highest BCUT2D eigenvalue weighted by atomic mass is 32.1. The SMILES string of the molecule is CCOC(=O)c1coc(CNC)c1.COc1cc(C)c(S)c(COC(C)=O)c1. The summed E-state index contributed by atoms with van der Waals surface area (Å²) in [5, 5.41) is 2.92. The molecule has 0 aliphatic heterocycles. The zero-order valence-corrected chi connectivity index (χ0v) is 17.7. The lowest BCUT2D eigenvalue weighted by molar-refractivity contribution is -0.142. The van der Waals surface area contributed by atoms with Gasteiger partial charge in [-0.15, -0.1) is 12.6 Å². The zero-order chi connectivity index (χ0) is 21.1. The first kappa shape index (κ1) is 23.6. The third-order valence-electron chi connectivity index (χ3n) is 3.54. The number of benzene rings is 1. The lowest BCUT2D eigenvalue weighted by atomic mass is 10.1. The number of thiol groups is 1. The normalized spacial score (nSPS) is 9.93. The van der Waals surface area contributed by atoms with E-state index >= 15 is 0 Å². The Bertz CT molecular complexity index is 787. The Kier molecular flexibility index (Phi) is 10.2. The lowest BCUT2D eigenvalue weighted by Gasteiger charge is -2.10. The molecule has 0 amide bonds. The molecule has 28 heavy (non-hydrogen) atoms. The number of esters is 2. The maximum Gasteiger partial charge on any atom is 0.341 e. The quantitative estimate of drug-likeness (QED) is 0.534. The molecule has 1 heterocycles. The van der Waals surface area contributed by atoms with Crippen LogP contribution in [0.15, 0.2) is 33.8 Å². The van der Waals surface area contributed by atoms with Crippen LogP contribution in [-0.4, -0.2) is 32.7 Å². The van der Waals surface area contributed by atoms with E-state index in [0.717, 1.165) is 27.5 Å². The molecule has 2 aromatic rings. The molecular weight excluding hydrogens is 382 g/mol. The molecule has 0 aliphatic rings. The number of aryl methyl sites for hydroxylation is 1. The fraction of sp³-hybridized carbons (Fsp3) is 0.400. The number of nitrogens with one attached hydrogen (secondary N) is 1. The average molecular weight is 410 g/mol. The van der Waals surface area contributed by atoms with E-state index in [-0.39, 0.29) is 18.5 Å². The number of rotatable bonds is 7. The van der Waals surface area contributed by atoms with Gasteiger partial charge >= 0.3 is 11.9 Å². The van der Waals surface area contributed by atoms with Gasteiger partial charge in [-0.1, -0.05) is 0 Å². The highest BCUT2D eigenvalue weighted by molar-refractivity contribution is 7.80. The van der Waals surface area contributed by atoms with E-state index in [2.05, 4.69) is 17.9 Å². The molecule has 0 spiro atoms. The first-order valence-electron chi connectivity index (χ1n) is 8.71. The van der Waals surface area contributed by atoms with Gasteiger partial charge in [0.15, 0.2) is 0 Å². The summed E-state index contributed by atoms with van der Waals surface area (Å²) < 4.78 is 20.0. The van der Waals surface area contributed by atoms with Crippen LogP contribution in [0.3, 0.4) is 0 Å². The van der Waals surface area contributed by atoms with E-state index in [9.17, 15) is 9.59 Å². The van der Waals surface area contributed by atoms with E-state index in [1.165, 1.54) is 13.2 Å². The van der Waals surface area contributed by atoms with Gasteiger partial charge in [-0.25, -0.2) is 4.79 Å². The number of methoxy groups -OCH3 is 1. The van der Waals surface area contributed by atoms with Gasteiger partial charge in [0.25, 0.3) is 0 Å². The van der Waals surface area contributed by atoms with Crippen LogP contribution < -0.4 is 10.1 Å². The molecule has 1 N–H and O–H groups in total. The van der Waals surface area contributed by atoms with Crippen molar-refractivity contribution in [2.45, 2.75) is 38.8 Å². The molecule has 2 rings (SSSR count). The van der Waals surface area contributed by atoms with Crippen LogP contribution in [0.4, 0.5) is 0 Å². The van der Waals surface area contributed by atoms with Gasteiger partial charge in [-0.05, 0) is 44.7 Å². The van der Waals surface area contributed by atoms with Gasteiger partial charge in [0, 0.05) is 17.4 Å². The van der Waals surface area contributed by atoms with Gasteiger partial charge in [0.05, 0.1) is 25.8 Å². The number of furan rings is 1. The highest BCUT2D eigenvalue weighted by Gasteiger charge is 2.10. The van der Waals surface area contributed by atoms with Crippen molar-refractivity contribution < 1.29 is 28.2 Å². The van der Waals surface area contributed by atoms with Crippen LogP contribution in [0.5, 0.6) is 5.75 Å². The molecular formula is C20H27NO6S. The maximum absolute atomic E-state index is 11.2. The monoisotopic (exact) mass is 409 g/mol. The molecule has 0 saturated heterocycles. The van der Waals surface area contributed by atoms with E-state index < -0.39 is 0 Å². The van der Waals surface area contributed by atoms with Crippen LogP contribution >= 0.6 is 12.6 Å². The minimum atomic E-state index is -0.339. The van der Waals surface area contributed by atoms with Crippen molar-refractivity contribution in [1.82, 2.24) is 5.32 Å². The Morgan fingerprint density at radius 2 is 1.93 bits per heavy atom. The van der Waals surface area contributed by atoms with Crippen molar-refractivity contribution in [2.24, 2.45) is 0 Å². The van der Waals surface area contributed by atoms with E-state index in [4.69, 9.17) is 18.6 Å². The second-order valence-corrected chi connectivity index (χ2v) is 6.23. The Morgan fingerprint density at radius 1 is 1.21 bits per heavy atom. The van der Waals surface area contributed by atoms with Crippen molar-refractivity contribution in [1.29, 1.82) is 0 Å². The topological polar surface area (TPSA) is 87.0 Å². The summed E-state index contributed by atoms with van der Waals surface area (Å²) >= 11 is 4.35. The molecule has 0 unspecified atom stereocenters.